The third-order valence-electron chi connectivity index (χ3n) is 10.6. The number of fused-ring (bicyclic) bond motifs is 5. The van der Waals surface area contributed by atoms with E-state index in [0.29, 0.717) is 11.3 Å². The molecule has 0 aromatic carbocycles. The second-order valence-corrected chi connectivity index (χ2v) is 13.1. The van der Waals surface area contributed by atoms with Crippen LogP contribution in [0.1, 0.15) is 106 Å². The van der Waals surface area contributed by atoms with Gasteiger partial charge in [-0.2, -0.15) is 0 Å². The molecule has 4 rings (SSSR count). The van der Waals surface area contributed by atoms with Crippen molar-refractivity contribution in [1.82, 2.24) is 0 Å². The van der Waals surface area contributed by atoms with E-state index in [2.05, 4.69) is 60.6 Å². The summed E-state index contributed by atoms with van der Waals surface area (Å²) in [7, 11) is 0. The van der Waals surface area contributed by atoms with E-state index < -0.39 is 0 Å². The highest BCUT2D eigenvalue weighted by atomic mass is 16.3. The van der Waals surface area contributed by atoms with Gasteiger partial charge < -0.3 is 5.11 Å². The van der Waals surface area contributed by atoms with Gasteiger partial charge >= 0.3 is 0 Å². The number of hydrogen-bond donors (Lipinski definition) is 1. The van der Waals surface area contributed by atoms with Gasteiger partial charge in [0.2, 0.25) is 0 Å². The highest BCUT2D eigenvalue weighted by Crippen LogP contribution is 2.67. The molecule has 0 amide bonds. The summed E-state index contributed by atoms with van der Waals surface area (Å²) >= 11 is 0. The molecule has 0 radical (unpaired) electrons. The summed E-state index contributed by atoms with van der Waals surface area (Å²) in [6.45, 7) is 17.1. The Bertz CT molecular complexity index is 712. The summed E-state index contributed by atoms with van der Waals surface area (Å²) in [6, 6.07) is 0. The van der Waals surface area contributed by atoms with Gasteiger partial charge in [0, 0.05) is 0 Å². The maximum absolute atomic E-state index is 10.7. The number of aliphatic hydroxyl groups is 1. The molecule has 2 saturated carbocycles. The normalized spacial score (nSPS) is 43.4. The number of rotatable bonds is 5. The Morgan fingerprint density at radius 1 is 1.00 bits per heavy atom. The van der Waals surface area contributed by atoms with Crippen LogP contribution in [0.2, 0.25) is 0 Å². The maximum Gasteiger partial charge on any atom is 0.0594 e. The first-order valence-corrected chi connectivity index (χ1v) is 13.1. The molecule has 0 aromatic rings. The van der Waals surface area contributed by atoms with Crippen LogP contribution in [-0.2, 0) is 0 Å². The summed E-state index contributed by atoms with van der Waals surface area (Å²) in [5, 5.41) is 10.7. The molecule has 170 valence electrons. The van der Waals surface area contributed by atoms with Gasteiger partial charge in [-0.05, 0) is 95.5 Å². The first-order chi connectivity index (χ1) is 14.0. The Balaban J connectivity index is 1.58. The van der Waals surface area contributed by atoms with Crippen LogP contribution >= 0.6 is 0 Å². The molecule has 0 unspecified atom stereocenters. The van der Waals surface area contributed by atoms with E-state index in [0.717, 1.165) is 42.9 Å². The van der Waals surface area contributed by atoms with Crippen LogP contribution in [0.4, 0.5) is 0 Å². The average molecular weight is 413 g/mol. The van der Waals surface area contributed by atoms with E-state index in [1.807, 2.05) is 0 Å². The maximum atomic E-state index is 10.7. The molecule has 0 spiro atoms. The molecule has 0 saturated heterocycles. The van der Waals surface area contributed by atoms with Crippen molar-refractivity contribution in [2.24, 2.45) is 45.8 Å². The fourth-order valence-corrected chi connectivity index (χ4v) is 8.66. The van der Waals surface area contributed by atoms with Gasteiger partial charge in [0.05, 0.1) is 6.10 Å². The van der Waals surface area contributed by atoms with Gasteiger partial charge in [0.25, 0.3) is 0 Å². The minimum atomic E-state index is -0.150. The van der Waals surface area contributed by atoms with Gasteiger partial charge in [0.15, 0.2) is 0 Å². The molecule has 4 aliphatic carbocycles. The molecule has 1 N–H and O–H groups in total. The second kappa shape index (κ2) is 7.79. The third kappa shape index (κ3) is 3.37. The van der Waals surface area contributed by atoms with Gasteiger partial charge in [-0.15, -0.1) is 0 Å². The van der Waals surface area contributed by atoms with Gasteiger partial charge in [0.1, 0.15) is 0 Å². The Kier molecular flexibility index (Phi) is 5.87. The summed E-state index contributed by atoms with van der Waals surface area (Å²) < 4.78 is 0. The zero-order valence-corrected chi connectivity index (χ0v) is 20.9. The molecular weight excluding hydrogens is 364 g/mol. The first-order valence-electron chi connectivity index (χ1n) is 13.1. The summed E-state index contributed by atoms with van der Waals surface area (Å²) in [6.07, 6.45) is 16.7. The minimum Gasteiger partial charge on any atom is -0.393 e. The molecule has 7 atom stereocenters. The number of aliphatic hydroxyl groups excluding tert-OH is 1. The fraction of sp³-hybridized carbons (Fsp3) is 0.862. The van der Waals surface area contributed by atoms with Crippen LogP contribution < -0.4 is 0 Å². The Morgan fingerprint density at radius 3 is 2.43 bits per heavy atom. The Morgan fingerprint density at radius 2 is 1.73 bits per heavy atom. The van der Waals surface area contributed by atoms with Crippen molar-refractivity contribution < 1.29 is 5.11 Å². The van der Waals surface area contributed by atoms with Gasteiger partial charge in [-0.3, -0.25) is 0 Å². The van der Waals surface area contributed by atoms with Crippen molar-refractivity contribution in [1.29, 1.82) is 0 Å². The summed E-state index contributed by atoms with van der Waals surface area (Å²) in [5.41, 5.74) is 4.15. The van der Waals surface area contributed by atoms with E-state index >= 15 is 0 Å². The molecule has 0 heterocycles. The van der Waals surface area contributed by atoms with Crippen molar-refractivity contribution in [3.8, 4) is 0 Å². The largest absolute Gasteiger partial charge is 0.393 e. The molecule has 30 heavy (non-hydrogen) atoms. The predicted octanol–water partition coefficient (Wildman–Crippen LogP) is 7.94. The zero-order chi connectivity index (χ0) is 21.9. The summed E-state index contributed by atoms with van der Waals surface area (Å²) in [5.74, 6) is 3.90. The van der Waals surface area contributed by atoms with Crippen molar-refractivity contribution in [2.45, 2.75) is 112 Å². The quantitative estimate of drug-likeness (QED) is 0.486. The lowest BCUT2D eigenvalue weighted by Crippen LogP contribution is -2.53. The van der Waals surface area contributed by atoms with E-state index in [-0.39, 0.29) is 16.9 Å². The summed E-state index contributed by atoms with van der Waals surface area (Å²) in [4.78, 5) is 0. The molecule has 1 heteroatoms. The van der Waals surface area contributed by atoms with Crippen molar-refractivity contribution in [2.75, 3.05) is 0 Å². The molecule has 4 aliphatic rings. The highest BCUT2D eigenvalue weighted by Gasteiger charge is 2.58. The van der Waals surface area contributed by atoms with Crippen molar-refractivity contribution in [3.63, 3.8) is 0 Å². The number of allylic oxidation sites excluding steroid dienone is 4. The van der Waals surface area contributed by atoms with E-state index in [4.69, 9.17) is 0 Å². The monoisotopic (exact) mass is 412 g/mol. The smallest absolute Gasteiger partial charge is 0.0594 e. The molecule has 1 nitrogen and oxygen atoms in total. The zero-order valence-electron chi connectivity index (χ0n) is 20.9. The molecule has 0 aromatic heterocycles. The predicted molar refractivity (Wildman–Crippen MR) is 128 cm³/mol. The topological polar surface area (TPSA) is 20.2 Å². The van der Waals surface area contributed by atoms with Crippen molar-refractivity contribution >= 4 is 0 Å². The van der Waals surface area contributed by atoms with Crippen molar-refractivity contribution in [3.05, 3.63) is 23.3 Å². The van der Waals surface area contributed by atoms with E-state index in [1.54, 1.807) is 11.1 Å². The lowest BCUT2D eigenvalue weighted by atomic mass is 9.46. The Labute approximate surface area is 186 Å². The second-order valence-electron chi connectivity index (χ2n) is 13.1. The SMILES string of the molecule is CC(C)CCC[C@@H](C)[C@H]1CC[C@H]2C3=CC[C@H]4C(C)(C)[C@@H](O)CC[C@]4(C)C3=CC[C@]12C. The van der Waals surface area contributed by atoms with Gasteiger partial charge in [-0.25, -0.2) is 0 Å². The molecule has 0 bridgehead atoms. The molecule has 0 aliphatic heterocycles. The van der Waals surface area contributed by atoms with E-state index in [1.165, 1.54) is 38.5 Å². The third-order valence-corrected chi connectivity index (χ3v) is 10.6. The highest BCUT2D eigenvalue weighted by molar-refractivity contribution is 5.47. The van der Waals surface area contributed by atoms with Gasteiger partial charge in [-0.1, -0.05) is 79.9 Å². The number of hydrogen-bond acceptors (Lipinski definition) is 1. The standard InChI is InChI=1S/C29H48O/c1-19(2)9-8-10-20(3)22-12-13-23-21-11-14-25-27(4,5)26(30)16-18-29(25,7)24(21)15-17-28(22,23)6/h11,15,19-20,22-23,25-26,30H,8-10,12-14,16-18H2,1-7H3/t20-,22-,23+,25+,26+,28-,29-/m1/s1. The minimum absolute atomic E-state index is 0.0137. The lowest BCUT2D eigenvalue weighted by Gasteiger charge is -2.58. The Hall–Kier alpha value is -0.560. The van der Waals surface area contributed by atoms with Crippen LogP contribution in [0.25, 0.3) is 0 Å². The van der Waals surface area contributed by atoms with Crippen LogP contribution in [0, 0.1) is 45.8 Å². The van der Waals surface area contributed by atoms with Crippen LogP contribution in [0.5, 0.6) is 0 Å². The average Bonchev–Trinajstić information content (AvgIpc) is 3.02. The van der Waals surface area contributed by atoms with Crippen LogP contribution in [0.3, 0.4) is 0 Å². The van der Waals surface area contributed by atoms with Crippen LogP contribution in [-0.4, -0.2) is 11.2 Å². The lowest BCUT2D eigenvalue weighted by molar-refractivity contribution is -0.0834. The van der Waals surface area contributed by atoms with E-state index in [9.17, 15) is 5.11 Å². The molecule has 2 fully saturated rings. The first kappa shape index (κ1) is 22.6. The van der Waals surface area contributed by atoms with Crippen LogP contribution in [0.15, 0.2) is 23.3 Å². The molecular formula is C29H48O. The fourth-order valence-electron chi connectivity index (χ4n) is 8.66.